The molecule has 10 heteroatoms. The number of hydrogen-bond donors (Lipinski definition) is 2. The van der Waals surface area contributed by atoms with Gasteiger partial charge in [0.2, 0.25) is 5.91 Å². The number of amides is 1. The van der Waals surface area contributed by atoms with E-state index >= 15 is 0 Å². The van der Waals surface area contributed by atoms with Gasteiger partial charge >= 0.3 is 12.1 Å². The first-order valence-electron chi connectivity index (χ1n) is 8.12. The molecule has 1 aliphatic rings. The van der Waals surface area contributed by atoms with Crippen LogP contribution in [0, 0.1) is 5.92 Å². The third-order valence-corrected chi connectivity index (χ3v) is 4.19. The van der Waals surface area contributed by atoms with Crippen molar-refractivity contribution in [1.29, 1.82) is 0 Å². The predicted octanol–water partition coefficient (Wildman–Crippen LogP) is 1.38. The van der Waals surface area contributed by atoms with Crippen molar-refractivity contribution in [2.45, 2.75) is 12.6 Å². The first kappa shape index (κ1) is 20.1. The monoisotopic (exact) mass is 374 g/mol. The molecule has 0 saturated carbocycles. The van der Waals surface area contributed by atoms with E-state index in [1.54, 1.807) is 0 Å². The Morgan fingerprint density at radius 2 is 1.92 bits per heavy atom. The number of likely N-dealkylation sites (N-methyl/N-ethyl adjacent to an activating group) is 1. The number of piperazine rings is 1. The van der Waals surface area contributed by atoms with Crippen LogP contribution in [0.5, 0.6) is 0 Å². The third-order valence-electron chi connectivity index (χ3n) is 4.19. The van der Waals surface area contributed by atoms with E-state index in [1.165, 1.54) is 0 Å². The zero-order chi connectivity index (χ0) is 19.3. The molecule has 0 aliphatic carbocycles. The number of halogens is 3. The van der Waals surface area contributed by atoms with Gasteiger partial charge in [0, 0.05) is 39.1 Å². The van der Waals surface area contributed by atoms with Crippen LogP contribution in [-0.4, -0.2) is 71.5 Å². The van der Waals surface area contributed by atoms with E-state index in [1.807, 2.05) is 11.9 Å². The van der Waals surface area contributed by atoms with E-state index < -0.39 is 29.7 Å². The Balaban J connectivity index is 1.90. The second-order valence-corrected chi connectivity index (χ2v) is 6.32. The van der Waals surface area contributed by atoms with Crippen molar-refractivity contribution in [2.24, 2.45) is 5.92 Å². The minimum atomic E-state index is -4.56. The van der Waals surface area contributed by atoms with Crippen LogP contribution >= 0.6 is 0 Å². The zero-order valence-electron chi connectivity index (χ0n) is 14.3. The lowest BCUT2D eigenvalue weighted by Crippen LogP contribution is -2.47. The SMILES string of the molecule is CN1CCN(C[C@H](CC(=O)Nc2ccc(C(F)(F)F)nc2)C(=O)O)CC1. The van der Waals surface area contributed by atoms with Gasteiger partial charge in [-0.3, -0.25) is 14.5 Å². The van der Waals surface area contributed by atoms with E-state index in [2.05, 4.69) is 15.2 Å². The summed E-state index contributed by atoms with van der Waals surface area (Å²) in [5.41, 5.74) is -0.972. The van der Waals surface area contributed by atoms with Gasteiger partial charge in [0.15, 0.2) is 0 Å². The Bertz CT molecular complexity index is 629. The molecule has 1 amide bonds. The van der Waals surface area contributed by atoms with Gasteiger partial charge in [0.25, 0.3) is 0 Å². The largest absolute Gasteiger partial charge is 0.481 e. The van der Waals surface area contributed by atoms with Crippen molar-refractivity contribution in [2.75, 3.05) is 45.1 Å². The lowest BCUT2D eigenvalue weighted by molar-refractivity contribution is -0.144. The fourth-order valence-electron chi connectivity index (χ4n) is 2.64. The second kappa shape index (κ2) is 8.45. The molecule has 0 bridgehead atoms. The number of anilines is 1. The molecule has 0 radical (unpaired) electrons. The number of nitrogens with zero attached hydrogens (tertiary/aromatic N) is 3. The number of nitrogens with one attached hydrogen (secondary N) is 1. The molecular weight excluding hydrogens is 353 g/mol. The van der Waals surface area contributed by atoms with Crippen LogP contribution in [0.3, 0.4) is 0 Å². The van der Waals surface area contributed by atoms with Crippen molar-refractivity contribution in [3.63, 3.8) is 0 Å². The van der Waals surface area contributed by atoms with Crippen molar-refractivity contribution in [1.82, 2.24) is 14.8 Å². The molecule has 0 unspecified atom stereocenters. The molecule has 1 aromatic heterocycles. The molecule has 0 spiro atoms. The van der Waals surface area contributed by atoms with Gasteiger partial charge in [-0.2, -0.15) is 13.2 Å². The fourth-order valence-corrected chi connectivity index (χ4v) is 2.64. The van der Waals surface area contributed by atoms with Gasteiger partial charge < -0.3 is 15.3 Å². The summed E-state index contributed by atoms with van der Waals surface area (Å²) in [5.74, 6) is -2.54. The van der Waals surface area contributed by atoms with Crippen LogP contribution in [0.2, 0.25) is 0 Å². The summed E-state index contributed by atoms with van der Waals surface area (Å²) < 4.78 is 37.4. The lowest BCUT2D eigenvalue weighted by Gasteiger charge is -2.33. The highest BCUT2D eigenvalue weighted by atomic mass is 19.4. The van der Waals surface area contributed by atoms with E-state index in [-0.39, 0.29) is 18.7 Å². The Morgan fingerprint density at radius 1 is 1.27 bits per heavy atom. The minimum Gasteiger partial charge on any atom is -0.481 e. The van der Waals surface area contributed by atoms with E-state index in [0.29, 0.717) is 0 Å². The van der Waals surface area contributed by atoms with Crippen LogP contribution < -0.4 is 5.32 Å². The molecule has 2 rings (SSSR count). The lowest BCUT2D eigenvalue weighted by atomic mass is 10.0. The molecule has 1 saturated heterocycles. The molecule has 1 aromatic rings. The highest BCUT2D eigenvalue weighted by Gasteiger charge is 2.32. The smallest absolute Gasteiger partial charge is 0.433 e. The number of aliphatic carboxylic acids is 1. The third kappa shape index (κ3) is 5.95. The van der Waals surface area contributed by atoms with Crippen molar-refractivity contribution in [3.05, 3.63) is 24.0 Å². The molecule has 144 valence electrons. The Kier molecular flexibility index (Phi) is 6.54. The fraction of sp³-hybridized carbons (Fsp3) is 0.562. The van der Waals surface area contributed by atoms with Crippen molar-refractivity contribution < 1.29 is 27.9 Å². The molecule has 1 atom stereocenters. The predicted molar refractivity (Wildman–Crippen MR) is 87.5 cm³/mol. The van der Waals surface area contributed by atoms with E-state index in [9.17, 15) is 27.9 Å². The minimum absolute atomic E-state index is 0.0896. The normalized spacial score (nSPS) is 17.7. The number of pyridine rings is 1. The van der Waals surface area contributed by atoms with E-state index in [4.69, 9.17) is 0 Å². The van der Waals surface area contributed by atoms with Gasteiger partial charge in [-0.1, -0.05) is 0 Å². The van der Waals surface area contributed by atoms with Crippen LogP contribution in [0.1, 0.15) is 12.1 Å². The highest BCUT2D eigenvalue weighted by molar-refractivity contribution is 5.93. The second-order valence-electron chi connectivity index (χ2n) is 6.32. The van der Waals surface area contributed by atoms with Gasteiger partial charge in [-0.25, -0.2) is 4.98 Å². The average Bonchev–Trinajstić information content (AvgIpc) is 2.55. The molecule has 2 heterocycles. The van der Waals surface area contributed by atoms with Crippen LogP contribution in [0.4, 0.5) is 18.9 Å². The number of carboxylic acids is 1. The molecule has 2 N–H and O–H groups in total. The van der Waals surface area contributed by atoms with Crippen LogP contribution in [0.15, 0.2) is 18.3 Å². The Morgan fingerprint density at radius 3 is 2.42 bits per heavy atom. The molecule has 26 heavy (non-hydrogen) atoms. The van der Waals surface area contributed by atoms with Gasteiger partial charge in [-0.05, 0) is 19.2 Å². The number of aromatic nitrogens is 1. The first-order valence-corrected chi connectivity index (χ1v) is 8.12. The molecule has 1 aliphatic heterocycles. The maximum Gasteiger partial charge on any atom is 0.433 e. The first-order chi connectivity index (χ1) is 12.1. The molecular formula is C16H21F3N4O3. The number of hydrogen-bond acceptors (Lipinski definition) is 5. The Hall–Kier alpha value is -2.20. The van der Waals surface area contributed by atoms with Crippen molar-refractivity contribution in [3.8, 4) is 0 Å². The average molecular weight is 374 g/mol. The quantitative estimate of drug-likeness (QED) is 0.783. The maximum absolute atomic E-state index is 12.5. The maximum atomic E-state index is 12.5. The Labute approximate surface area is 148 Å². The zero-order valence-corrected chi connectivity index (χ0v) is 14.3. The number of carbonyl (C=O) groups is 2. The number of rotatable bonds is 6. The summed E-state index contributed by atoms with van der Waals surface area (Å²) in [6.45, 7) is 3.36. The molecule has 0 aromatic carbocycles. The van der Waals surface area contributed by atoms with Crippen molar-refractivity contribution >= 4 is 17.6 Å². The summed E-state index contributed by atoms with van der Waals surface area (Å²) in [7, 11) is 1.98. The number of alkyl halides is 3. The number of carboxylic acid groups (broad SMARTS) is 1. The highest BCUT2D eigenvalue weighted by Crippen LogP contribution is 2.27. The summed E-state index contributed by atoms with van der Waals surface area (Å²) in [5, 5.41) is 11.7. The summed E-state index contributed by atoms with van der Waals surface area (Å²) >= 11 is 0. The molecule has 1 fully saturated rings. The van der Waals surface area contributed by atoms with Crippen LogP contribution in [0.25, 0.3) is 0 Å². The number of carbonyl (C=O) groups excluding carboxylic acids is 1. The van der Waals surface area contributed by atoms with Gasteiger partial charge in [0.05, 0.1) is 17.8 Å². The van der Waals surface area contributed by atoms with Gasteiger partial charge in [-0.15, -0.1) is 0 Å². The van der Waals surface area contributed by atoms with Gasteiger partial charge in [0.1, 0.15) is 5.69 Å². The van der Waals surface area contributed by atoms with E-state index in [0.717, 1.165) is 44.5 Å². The summed E-state index contributed by atoms with van der Waals surface area (Å²) in [6.07, 6.45) is -3.92. The summed E-state index contributed by atoms with van der Waals surface area (Å²) in [6, 6.07) is 1.85. The van der Waals surface area contributed by atoms with Crippen LogP contribution in [-0.2, 0) is 15.8 Å². The standard InChI is InChI=1S/C16H21F3N4O3/c1-22-4-6-23(7-5-22)10-11(15(25)26)8-14(24)21-12-2-3-13(20-9-12)16(17,18)19/h2-3,9,11H,4-8,10H2,1H3,(H,21,24)(H,25,26)/t11-/m0/s1. The summed E-state index contributed by atoms with van der Waals surface area (Å²) in [4.78, 5) is 30.9. The molecule has 7 nitrogen and oxygen atoms in total. The topological polar surface area (TPSA) is 85.8 Å².